The predicted molar refractivity (Wildman–Crippen MR) is 104 cm³/mol. The second-order valence-corrected chi connectivity index (χ2v) is 7.84. The van der Waals surface area contributed by atoms with Gasteiger partial charge in [-0.1, -0.05) is 24.3 Å². The van der Waals surface area contributed by atoms with Crippen molar-refractivity contribution in [2.75, 3.05) is 19.6 Å². The third kappa shape index (κ3) is 2.77. The molecule has 0 unspecified atom stereocenters. The molecule has 1 aromatic heterocycles. The van der Waals surface area contributed by atoms with Crippen molar-refractivity contribution in [2.24, 2.45) is 5.41 Å². The number of fused-ring (bicyclic) bond motifs is 2. The summed E-state index contributed by atoms with van der Waals surface area (Å²) in [5.41, 5.74) is 2.66. The molecule has 0 radical (unpaired) electrons. The van der Waals surface area contributed by atoms with Crippen LogP contribution < -0.4 is 0 Å². The summed E-state index contributed by atoms with van der Waals surface area (Å²) in [4.78, 5) is 35.3. The van der Waals surface area contributed by atoms with Gasteiger partial charge in [-0.05, 0) is 38.5 Å². The molecule has 1 aromatic carbocycles. The topological polar surface area (TPSA) is 53.5 Å². The number of aromatic nitrogens is 1. The van der Waals surface area contributed by atoms with Gasteiger partial charge in [-0.15, -0.1) is 0 Å². The van der Waals surface area contributed by atoms with Crippen molar-refractivity contribution >= 4 is 11.7 Å². The number of Topliss-reactive ketones (excluding diaryl/α,β-unsaturated/α-hetero) is 1. The van der Waals surface area contributed by atoms with Gasteiger partial charge in [-0.2, -0.15) is 0 Å². The molecule has 1 amide bonds. The van der Waals surface area contributed by atoms with Crippen LogP contribution in [0.3, 0.4) is 0 Å². The van der Waals surface area contributed by atoms with Gasteiger partial charge in [0.2, 0.25) is 0 Å². The molecule has 4 rings (SSSR count). The summed E-state index contributed by atoms with van der Waals surface area (Å²) in [7, 11) is 0. The van der Waals surface area contributed by atoms with Gasteiger partial charge in [-0.3, -0.25) is 19.5 Å². The largest absolute Gasteiger partial charge is 0.334 e. The second kappa shape index (κ2) is 6.57. The number of hydrogen-bond acceptors (Lipinski definition) is 4. The Morgan fingerprint density at radius 1 is 1.15 bits per heavy atom. The third-order valence-corrected chi connectivity index (χ3v) is 6.11. The minimum absolute atomic E-state index is 0.0361. The smallest absolute Gasteiger partial charge is 0.254 e. The lowest BCUT2D eigenvalue weighted by Crippen LogP contribution is -2.49. The van der Waals surface area contributed by atoms with Crippen LogP contribution in [0, 0.1) is 12.3 Å². The molecule has 0 saturated carbocycles. The Kier molecular flexibility index (Phi) is 4.35. The van der Waals surface area contributed by atoms with Crippen molar-refractivity contribution in [3.63, 3.8) is 0 Å². The predicted octanol–water partition coefficient (Wildman–Crippen LogP) is 2.94. The van der Waals surface area contributed by atoms with Gasteiger partial charge in [0.15, 0.2) is 5.78 Å². The maximum absolute atomic E-state index is 13.5. The van der Waals surface area contributed by atoms with E-state index in [1.165, 1.54) is 0 Å². The molecule has 140 valence electrons. The quantitative estimate of drug-likeness (QED) is 0.841. The summed E-state index contributed by atoms with van der Waals surface area (Å²) in [5.74, 6) is 0.0404. The first-order valence-corrected chi connectivity index (χ1v) is 9.53. The Morgan fingerprint density at radius 3 is 2.59 bits per heavy atom. The highest BCUT2D eigenvalue weighted by Gasteiger charge is 2.54. The molecule has 1 fully saturated rings. The summed E-state index contributed by atoms with van der Waals surface area (Å²) in [6.07, 6.45) is 1.81. The maximum Gasteiger partial charge on any atom is 0.254 e. The fourth-order valence-electron chi connectivity index (χ4n) is 4.60. The van der Waals surface area contributed by atoms with Gasteiger partial charge in [0, 0.05) is 37.9 Å². The summed E-state index contributed by atoms with van der Waals surface area (Å²) < 4.78 is 0. The van der Waals surface area contributed by atoms with E-state index in [1.807, 2.05) is 43.1 Å². The van der Waals surface area contributed by atoms with E-state index in [-0.39, 0.29) is 17.7 Å². The fraction of sp³-hybridized carbons (Fsp3) is 0.409. The number of likely N-dealkylation sites (tertiary alicyclic amines) is 1. The van der Waals surface area contributed by atoms with E-state index in [0.29, 0.717) is 37.3 Å². The van der Waals surface area contributed by atoms with Gasteiger partial charge in [0.1, 0.15) is 0 Å². The first-order valence-electron chi connectivity index (χ1n) is 9.53. The van der Waals surface area contributed by atoms with Gasteiger partial charge < -0.3 is 4.90 Å². The van der Waals surface area contributed by atoms with Crippen LogP contribution >= 0.6 is 0 Å². The van der Waals surface area contributed by atoms with Gasteiger partial charge >= 0.3 is 0 Å². The van der Waals surface area contributed by atoms with E-state index in [1.54, 1.807) is 12.1 Å². The summed E-state index contributed by atoms with van der Waals surface area (Å²) in [5, 5.41) is 0. The van der Waals surface area contributed by atoms with E-state index in [2.05, 4.69) is 22.9 Å². The number of hydrogen-bond donors (Lipinski definition) is 0. The zero-order valence-electron chi connectivity index (χ0n) is 16.1. The molecular weight excluding hydrogens is 338 g/mol. The molecule has 5 nitrogen and oxygen atoms in total. The van der Waals surface area contributed by atoms with Crippen molar-refractivity contribution < 1.29 is 9.59 Å². The number of pyridine rings is 1. The molecule has 27 heavy (non-hydrogen) atoms. The standard InChI is InChI=1S/C22H25N3O2/c1-4-25-19-13-24(12-18-15(2)8-7-11-23-18)14-22(19,3)20(26)16-9-5-6-10-17(16)21(25)27/h5-11,19H,4,12-14H2,1-3H3/t19-,22+/m1/s1. The molecule has 3 heterocycles. The van der Waals surface area contributed by atoms with Crippen LogP contribution in [0.25, 0.3) is 0 Å². The Labute approximate surface area is 160 Å². The monoisotopic (exact) mass is 363 g/mol. The summed E-state index contributed by atoms with van der Waals surface area (Å²) >= 11 is 0. The number of nitrogens with zero attached hydrogens (tertiary/aromatic N) is 3. The molecule has 0 bridgehead atoms. The highest BCUT2D eigenvalue weighted by molar-refractivity contribution is 6.12. The van der Waals surface area contributed by atoms with Crippen LogP contribution in [0.4, 0.5) is 0 Å². The molecule has 2 aliphatic rings. The lowest BCUT2D eigenvalue weighted by Gasteiger charge is -2.34. The molecule has 2 atom stereocenters. The first kappa shape index (κ1) is 17.9. The fourth-order valence-corrected chi connectivity index (χ4v) is 4.60. The molecule has 1 saturated heterocycles. The molecule has 2 aromatic rings. The van der Waals surface area contributed by atoms with Crippen LogP contribution in [0.1, 0.15) is 45.8 Å². The van der Waals surface area contributed by atoms with Crippen molar-refractivity contribution in [3.8, 4) is 0 Å². The van der Waals surface area contributed by atoms with Crippen molar-refractivity contribution in [2.45, 2.75) is 33.4 Å². The third-order valence-electron chi connectivity index (χ3n) is 6.11. The molecule has 5 heteroatoms. The molecular formula is C22H25N3O2. The van der Waals surface area contributed by atoms with Crippen LogP contribution in [0.15, 0.2) is 42.6 Å². The van der Waals surface area contributed by atoms with Crippen LogP contribution in [0.5, 0.6) is 0 Å². The number of carbonyl (C=O) groups is 2. The van der Waals surface area contributed by atoms with E-state index < -0.39 is 5.41 Å². The molecule has 0 spiro atoms. The van der Waals surface area contributed by atoms with E-state index in [4.69, 9.17) is 0 Å². The Bertz CT molecular complexity index is 910. The van der Waals surface area contributed by atoms with Crippen LogP contribution in [-0.4, -0.2) is 52.2 Å². The van der Waals surface area contributed by atoms with Crippen molar-refractivity contribution in [1.82, 2.24) is 14.8 Å². The number of aryl methyl sites for hydroxylation is 1. The van der Waals surface area contributed by atoms with Crippen molar-refractivity contribution in [3.05, 3.63) is 65.0 Å². The van der Waals surface area contributed by atoms with Crippen LogP contribution in [-0.2, 0) is 6.54 Å². The SMILES string of the molecule is CCN1C(=O)c2ccccc2C(=O)[C@@]2(C)CN(Cc3ncccc3C)C[C@@H]12. The minimum Gasteiger partial charge on any atom is -0.334 e. The lowest BCUT2D eigenvalue weighted by atomic mass is 9.78. The van der Waals surface area contributed by atoms with Crippen LogP contribution in [0.2, 0.25) is 0 Å². The van der Waals surface area contributed by atoms with E-state index in [9.17, 15) is 9.59 Å². The van der Waals surface area contributed by atoms with Gasteiger partial charge in [0.25, 0.3) is 5.91 Å². The van der Waals surface area contributed by atoms with E-state index >= 15 is 0 Å². The number of likely N-dealkylation sites (N-methyl/N-ethyl adjacent to an activating group) is 1. The zero-order chi connectivity index (χ0) is 19.2. The highest BCUT2D eigenvalue weighted by Crippen LogP contribution is 2.41. The normalized spacial score (nSPS) is 25.3. The molecule has 0 N–H and O–H groups in total. The number of amides is 1. The highest BCUT2D eigenvalue weighted by atomic mass is 16.2. The Morgan fingerprint density at radius 2 is 1.89 bits per heavy atom. The molecule has 0 aliphatic carbocycles. The average Bonchev–Trinajstić information content (AvgIpc) is 2.98. The van der Waals surface area contributed by atoms with Gasteiger partial charge in [-0.25, -0.2) is 0 Å². The Hall–Kier alpha value is -2.53. The number of rotatable bonds is 3. The number of ketones is 1. The van der Waals surface area contributed by atoms with E-state index in [0.717, 1.165) is 11.3 Å². The van der Waals surface area contributed by atoms with Gasteiger partial charge in [0.05, 0.1) is 22.7 Å². The molecule has 2 aliphatic heterocycles. The van der Waals surface area contributed by atoms with Crippen molar-refractivity contribution in [1.29, 1.82) is 0 Å². The lowest BCUT2D eigenvalue weighted by molar-refractivity contribution is 0.0560. The maximum atomic E-state index is 13.5. The zero-order valence-corrected chi connectivity index (χ0v) is 16.1. The number of carbonyl (C=O) groups excluding carboxylic acids is 2. The average molecular weight is 363 g/mol. The Balaban J connectivity index is 1.72. The second-order valence-electron chi connectivity index (χ2n) is 7.84. The number of benzene rings is 1. The minimum atomic E-state index is -0.610. The first-order chi connectivity index (χ1) is 13.0. The summed E-state index contributed by atoms with van der Waals surface area (Å²) in [6.45, 7) is 8.67. The summed E-state index contributed by atoms with van der Waals surface area (Å²) in [6, 6.07) is 11.1.